The lowest BCUT2D eigenvalue weighted by atomic mass is 10.3. The molecule has 0 bridgehead atoms. The molecule has 9 heteroatoms. The van der Waals surface area contributed by atoms with E-state index in [1.807, 2.05) is 24.3 Å². The van der Waals surface area contributed by atoms with Crippen LogP contribution in [0.1, 0.15) is 23.6 Å². The number of hydrogen-bond acceptors (Lipinski definition) is 5. The predicted molar refractivity (Wildman–Crippen MR) is 97.9 cm³/mol. The molecule has 3 rings (SSSR count). The standard InChI is InChI=1S/C16H18BrN5O2S/c1-11-10-12(2)22-15(20-21-16(22)19-11)4-3-9-18-25(23,24)14-7-5-13(17)6-8-14/h5-8,10,18H,3-4,9H2,1-2H3. The summed E-state index contributed by atoms with van der Waals surface area (Å²) in [5.41, 5.74) is 1.91. The summed E-state index contributed by atoms with van der Waals surface area (Å²) in [5, 5.41) is 8.25. The summed E-state index contributed by atoms with van der Waals surface area (Å²) >= 11 is 3.29. The second-order valence-corrected chi connectivity index (χ2v) is 8.43. The van der Waals surface area contributed by atoms with Crippen LogP contribution in [-0.4, -0.2) is 34.5 Å². The monoisotopic (exact) mass is 423 g/mol. The molecule has 1 N–H and O–H groups in total. The Bertz CT molecular complexity index is 999. The van der Waals surface area contributed by atoms with Crippen LogP contribution in [0.4, 0.5) is 0 Å². The maximum absolute atomic E-state index is 12.2. The zero-order chi connectivity index (χ0) is 18.0. The van der Waals surface area contributed by atoms with Gasteiger partial charge in [-0.15, -0.1) is 10.2 Å². The van der Waals surface area contributed by atoms with Crippen molar-refractivity contribution in [2.45, 2.75) is 31.6 Å². The van der Waals surface area contributed by atoms with Crippen LogP contribution in [0, 0.1) is 13.8 Å². The third kappa shape index (κ3) is 4.05. The fourth-order valence-electron chi connectivity index (χ4n) is 2.61. The van der Waals surface area contributed by atoms with Gasteiger partial charge < -0.3 is 0 Å². The summed E-state index contributed by atoms with van der Waals surface area (Å²) in [6, 6.07) is 8.51. The van der Waals surface area contributed by atoms with Gasteiger partial charge in [0.2, 0.25) is 10.0 Å². The minimum Gasteiger partial charge on any atom is -0.268 e. The molecular weight excluding hydrogens is 406 g/mol. The molecule has 1 aromatic carbocycles. The van der Waals surface area contributed by atoms with Gasteiger partial charge in [-0.2, -0.15) is 0 Å². The first-order valence-corrected chi connectivity index (χ1v) is 10.1. The number of rotatable bonds is 6. The van der Waals surface area contributed by atoms with E-state index in [4.69, 9.17) is 0 Å². The van der Waals surface area contributed by atoms with E-state index in [2.05, 4.69) is 35.8 Å². The van der Waals surface area contributed by atoms with E-state index >= 15 is 0 Å². The normalized spacial score (nSPS) is 12.0. The molecule has 0 radical (unpaired) electrons. The molecule has 0 aliphatic heterocycles. The Labute approximate surface area is 154 Å². The fraction of sp³-hybridized carbons (Fsp3) is 0.312. The second kappa shape index (κ2) is 7.19. The molecule has 0 spiro atoms. The number of benzene rings is 1. The van der Waals surface area contributed by atoms with Crippen molar-refractivity contribution in [3.8, 4) is 0 Å². The van der Waals surface area contributed by atoms with E-state index in [-0.39, 0.29) is 4.90 Å². The summed E-state index contributed by atoms with van der Waals surface area (Å²) in [6.07, 6.45) is 1.22. The Morgan fingerprint density at radius 3 is 2.60 bits per heavy atom. The van der Waals surface area contributed by atoms with E-state index in [0.29, 0.717) is 25.2 Å². The van der Waals surface area contributed by atoms with Crippen molar-refractivity contribution in [1.82, 2.24) is 24.3 Å². The highest BCUT2D eigenvalue weighted by Gasteiger charge is 2.14. The number of nitrogens with one attached hydrogen (secondary N) is 1. The molecule has 2 heterocycles. The quantitative estimate of drug-likeness (QED) is 0.614. The molecule has 132 valence electrons. The summed E-state index contributed by atoms with van der Waals surface area (Å²) in [7, 11) is -3.50. The van der Waals surface area contributed by atoms with Crippen LogP contribution in [0.25, 0.3) is 5.78 Å². The maximum Gasteiger partial charge on any atom is 0.255 e. The number of sulfonamides is 1. The Kier molecular flexibility index (Phi) is 5.16. The molecule has 7 nitrogen and oxygen atoms in total. The molecular formula is C16H18BrN5O2S. The van der Waals surface area contributed by atoms with E-state index in [9.17, 15) is 8.42 Å². The van der Waals surface area contributed by atoms with E-state index in [1.54, 1.807) is 24.3 Å². The van der Waals surface area contributed by atoms with Crippen molar-refractivity contribution >= 4 is 31.7 Å². The van der Waals surface area contributed by atoms with Crippen molar-refractivity contribution < 1.29 is 8.42 Å². The zero-order valence-electron chi connectivity index (χ0n) is 13.9. The molecule has 0 aliphatic carbocycles. The van der Waals surface area contributed by atoms with Gasteiger partial charge in [0.1, 0.15) is 5.82 Å². The summed E-state index contributed by atoms with van der Waals surface area (Å²) in [6.45, 7) is 4.22. The summed E-state index contributed by atoms with van der Waals surface area (Å²) < 4.78 is 29.8. The highest BCUT2D eigenvalue weighted by Crippen LogP contribution is 2.14. The van der Waals surface area contributed by atoms with E-state index < -0.39 is 10.0 Å². The maximum atomic E-state index is 12.2. The molecule has 0 saturated heterocycles. The molecule has 0 fully saturated rings. The molecule has 0 atom stereocenters. The number of hydrogen-bond donors (Lipinski definition) is 1. The Hall–Kier alpha value is -1.84. The van der Waals surface area contributed by atoms with Crippen LogP contribution >= 0.6 is 15.9 Å². The van der Waals surface area contributed by atoms with Gasteiger partial charge in [-0.05, 0) is 50.6 Å². The van der Waals surface area contributed by atoms with Crippen molar-refractivity contribution in [2.24, 2.45) is 0 Å². The lowest BCUT2D eigenvalue weighted by Crippen LogP contribution is -2.25. The van der Waals surface area contributed by atoms with Gasteiger partial charge in [0.25, 0.3) is 5.78 Å². The molecule has 0 unspecified atom stereocenters. The smallest absolute Gasteiger partial charge is 0.255 e. The van der Waals surface area contributed by atoms with Crippen molar-refractivity contribution in [1.29, 1.82) is 0 Å². The SMILES string of the molecule is Cc1cc(C)n2c(CCCNS(=O)(=O)c3ccc(Br)cc3)nnc2n1. The average Bonchev–Trinajstić information content (AvgIpc) is 2.95. The molecule has 2 aromatic heterocycles. The first-order chi connectivity index (χ1) is 11.9. The van der Waals surface area contributed by atoms with Gasteiger partial charge in [-0.25, -0.2) is 18.1 Å². The Morgan fingerprint density at radius 1 is 1.16 bits per heavy atom. The molecule has 0 amide bonds. The van der Waals surface area contributed by atoms with Crippen LogP contribution in [0.15, 0.2) is 39.7 Å². The van der Waals surface area contributed by atoms with Crippen LogP contribution in [-0.2, 0) is 16.4 Å². The summed E-state index contributed by atoms with van der Waals surface area (Å²) in [4.78, 5) is 4.59. The highest BCUT2D eigenvalue weighted by atomic mass is 79.9. The van der Waals surface area contributed by atoms with E-state index in [0.717, 1.165) is 21.7 Å². The highest BCUT2D eigenvalue weighted by molar-refractivity contribution is 9.10. The number of fused-ring (bicyclic) bond motifs is 1. The minimum atomic E-state index is -3.50. The number of aryl methyl sites for hydroxylation is 3. The number of aromatic nitrogens is 4. The van der Waals surface area contributed by atoms with Gasteiger partial charge in [-0.3, -0.25) is 4.40 Å². The van der Waals surface area contributed by atoms with Gasteiger partial charge >= 0.3 is 0 Å². The third-order valence-corrected chi connectivity index (χ3v) is 5.76. The second-order valence-electron chi connectivity index (χ2n) is 5.75. The molecule has 0 saturated carbocycles. The van der Waals surface area contributed by atoms with Crippen LogP contribution in [0.5, 0.6) is 0 Å². The zero-order valence-corrected chi connectivity index (χ0v) is 16.3. The van der Waals surface area contributed by atoms with Crippen LogP contribution in [0.2, 0.25) is 0 Å². The number of halogens is 1. The average molecular weight is 424 g/mol. The van der Waals surface area contributed by atoms with Crippen LogP contribution in [0.3, 0.4) is 0 Å². The minimum absolute atomic E-state index is 0.249. The number of nitrogens with zero attached hydrogens (tertiary/aromatic N) is 4. The van der Waals surface area contributed by atoms with Gasteiger partial charge in [0, 0.05) is 28.8 Å². The largest absolute Gasteiger partial charge is 0.268 e. The van der Waals surface area contributed by atoms with Crippen molar-refractivity contribution in [3.05, 3.63) is 52.0 Å². The first kappa shape index (κ1) is 18.0. The predicted octanol–water partition coefficient (Wildman–Crippen LogP) is 2.41. The lowest BCUT2D eigenvalue weighted by molar-refractivity contribution is 0.578. The third-order valence-electron chi connectivity index (χ3n) is 3.75. The Balaban J connectivity index is 1.63. The first-order valence-electron chi connectivity index (χ1n) is 7.80. The summed E-state index contributed by atoms with van der Waals surface area (Å²) in [5.74, 6) is 1.35. The van der Waals surface area contributed by atoms with Crippen molar-refractivity contribution in [3.63, 3.8) is 0 Å². The van der Waals surface area contributed by atoms with Gasteiger partial charge in [0.05, 0.1) is 4.90 Å². The van der Waals surface area contributed by atoms with Gasteiger partial charge in [0.15, 0.2) is 0 Å². The topological polar surface area (TPSA) is 89.2 Å². The molecule has 25 heavy (non-hydrogen) atoms. The molecule has 0 aliphatic rings. The lowest BCUT2D eigenvalue weighted by Gasteiger charge is -2.07. The van der Waals surface area contributed by atoms with Crippen LogP contribution < -0.4 is 4.72 Å². The van der Waals surface area contributed by atoms with Crippen molar-refractivity contribution in [2.75, 3.05) is 6.54 Å². The van der Waals surface area contributed by atoms with E-state index in [1.165, 1.54) is 0 Å². The fourth-order valence-corrected chi connectivity index (χ4v) is 3.95. The Morgan fingerprint density at radius 2 is 1.88 bits per heavy atom. The molecule has 3 aromatic rings. The van der Waals surface area contributed by atoms with Gasteiger partial charge in [-0.1, -0.05) is 15.9 Å².